The summed E-state index contributed by atoms with van der Waals surface area (Å²) in [5.74, 6) is 0.286. The van der Waals surface area contributed by atoms with Gasteiger partial charge in [0, 0.05) is 12.1 Å². The van der Waals surface area contributed by atoms with Gasteiger partial charge in [-0.2, -0.15) is 0 Å². The Hall–Kier alpha value is -0.610. The van der Waals surface area contributed by atoms with E-state index in [1.54, 1.807) is 0 Å². The number of rotatable bonds is 5. The SMILES string of the molecule is CCOC(=O)[C@@H](CN)[C@@]1(N(C)C)C[C@@H]2CC[C@@]1(C)C2(C)C. The number of hydrogen-bond acceptors (Lipinski definition) is 4. The van der Waals surface area contributed by atoms with E-state index in [2.05, 4.69) is 39.8 Å². The Kier molecular flexibility index (Phi) is 4.18. The number of ether oxygens (including phenoxy) is 1. The lowest BCUT2D eigenvalue weighted by Gasteiger charge is -2.55. The molecule has 2 aliphatic rings. The smallest absolute Gasteiger partial charge is 0.312 e. The van der Waals surface area contributed by atoms with Crippen LogP contribution < -0.4 is 5.73 Å². The lowest BCUT2D eigenvalue weighted by Crippen LogP contribution is -2.64. The summed E-state index contributed by atoms with van der Waals surface area (Å²) in [4.78, 5) is 14.8. The zero-order valence-electron chi connectivity index (χ0n) is 14.5. The number of esters is 1. The fraction of sp³-hybridized carbons (Fsp3) is 0.941. The Morgan fingerprint density at radius 3 is 2.33 bits per heavy atom. The van der Waals surface area contributed by atoms with Gasteiger partial charge in [-0.3, -0.25) is 4.79 Å². The van der Waals surface area contributed by atoms with Crippen LogP contribution in [0.1, 0.15) is 47.0 Å². The van der Waals surface area contributed by atoms with Crippen LogP contribution in [0.15, 0.2) is 0 Å². The van der Waals surface area contributed by atoms with E-state index >= 15 is 0 Å². The van der Waals surface area contributed by atoms with Gasteiger partial charge in [0.2, 0.25) is 0 Å². The molecule has 0 aromatic heterocycles. The normalized spacial score (nSPS) is 38.8. The van der Waals surface area contributed by atoms with Crippen LogP contribution in [0.25, 0.3) is 0 Å². The summed E-state index contributed by atoms with van der Waals surface area (Å²) in [5.41, 5.74) is 6.19. The van der Waals surface area contributed by atoms with Gasteiger partial charge in [0.05, 0.1) is 12.5 Å². The average Bonchev–Trinajstić information content (AvgIpc) is 2.71. The summed E-state index contributed by atoms with van der Waals surface area (Å²) in [6.45, 7) is 9.74. The molecule has 0 aromatic carbocycles. The number of carbonyl (C=O) groups is 1. The van der Waals surface area contributed by atoms with Crippen LogP contribution in [0.2, 0.25) is 0 Å². The number of carbonyl (C=O) groups excluding carboxylic acids is 1. The van der Waals surface area contributed by atoms with Crippen LogP contribution >= 0.6 is 0 Å². The molecular formula is C17H32N2O2. The van der Waals surface area contributed by atoms with E-state index in [-0.39, 0.29) is 28.3 Å². The van der Waals surface area contributed by atoms with E-state index in [0.717, 1.165) is 6.42 Å². The maximum absolute atomic E-state index is 12.6. The highest BCUT2D eigenvalue weighted by Gasteiger charge is 2.72. The molecule has 0 spiro atoms. The maximum atomic E-state index is 12.6. The van der Waals surface area contributed by atoms with E-state index in [4.69, 9.17) is 10.5 Å². The summed E-state index contributed by atoms with van der Waals surface area (Å²) < 4.78 is 5.36. The molecule has 0 heterocycles. The number of fused-ring (bicyclic) bond motifs is 2. The third-order valence-electron chi connectivity index (χ3n) is 7.13. The minimum Gasteiger partial charge on any atom is -0.466 e. The molecule has 122 valence electrons. The first-order chi connectivity index (χ1) is 9.69. The highest BCUT2D eigenvalue weighted by molar-refractivity contribution is 5.75. The molecule has 0 radical (unpaired) electrons. The molecule has 4 heteroatoms. The third kappa shape index (κ3) is 1.91. The molecule has 2 fully saturated rings. The van der Waals surface area contributed by atoms with Crippen molar-refractivity contribution in [2.45, 2.75) is 52.5 Å². The van der Waals surface area contributed by atoms with Crippen molar-refractivity contribution in [3.8, 4) is 0 Å². The van der Waals surface area contributed by atoms with Crippen LogP contribution in [0.3, 0.4) is 0 Å². The summed E-state index contributed by atoms with van der Waals surface area (Å²) in [5, 5.41) is 0. The standard InChI is InChI=1S/C17H32N2O2/c1-7-21-14(20)13(11-18)17(19(5)6)10-12-8-9-16(17,4)15(12,2)3/h12-13H,7-11,18H2,1-6H3/t12-,13+,16-,17-/m0/s1. The molecule has 4 atom stereocenters. The fourth-order valence-corrected chi connectivity index (χ4v) is 5.57. The first-order valence-electron chi connectivity index (χ1n) is 8.23. The van der Waals surface area contributed by atoms with Gasteiger partial charge < -0.3 is 15.4 Å². The van der Waals surface area contributed by atoms with Gasteiger partial charge in [-0.1, -0.05) is 20.8 Å². The topological polar surface area (TPSA) is 55.6 Å². The van der Waals surface area contributed by atoms with Crippen LogP contribution in [0.5, 0.6) is 0 Å². The van der Waals surface area contributed by atoms with Crippen molar-refractivity contribution in [1.29, 1.82) is 0 Å². The van der Waals surface area contributed by atoms with Crippen LogP contribution in [-0.2, 0) is 9.53 Å². The van der Waals surface area contributed by atoms with Gasteiger partial charge >= 0.3 is 5.97 Å². The zero-order valence-corrected chi connectivity index (χ0v) is 14.5. The van der Waals surface area contributed by atoms with Gasteiger partial charge in [0.25, 0.3) is 0 Å². The average molecular weight is 296 g/mol. The predicted molar refractivity (Wildman–Crippen MR) is 84.8 cm³/mol. The first-order valence-corrected chi connectivity index (χ1v) is 8.23. The quantitative estimate of drug-likeness (QED) is 0.791. The van der Waals surface area contributed by atoms with Crippen LogP contribution in [-0.4, -0.2) is 43.7 Å². The second kappa shape index (κ2) is 5.24. The maximum Gasteiger partial charge on any atom is 0.312 e. The Labute approximate surface area is 129 Å². The lowest BCUT2D eigenvalue weighted by atomic mass is 9.58. The van der Waals surface area contributed by atoms with Gasteiger partial charge in [-0.15, -0.1) is 0 Å². The zero-order chi connectivity index (χ0) is 16.1. The van der Waals surface area contributed by atoms with Gasteiger partial charge in [0.1, 0.15) is 0 Å². The Bertz CT molecular complexity index is 421. The van der Waals surface area contributed by atoms with E-state index < -0.39 is 0 Å². The van der Waals surface area contributed by atoms with Crippen molar-refractivity contribution in [3.05, 3.63) is 0 Å². The molecule has 4 nitrogen and oxygen atoms in total. The highest BCUT2D eigenvalue weighted by Crippen LogP contribution is 2.72. The van der Waals surface area contributed by atoms with Crippen molar-refractivity contribution >= 4 is 5.97 Å². The minimum atomic E-state index is -0.248. The number of nitrogens with zero attached hydrogens (tertiary/aromatic N) is 1. The number of hydrogen-bond donors (Lipinski definition) is 1. The fourth-order valence-electron chi connectivity index (χ4n) is 5.57. The van der Waals surface area contributed by atoms with Gasteiger partial charge in [-0.05, 0) is 57.0 Å². The van der Waals surface area contributed by atoms with E-state index in [1.807, 2.05) is 6.92 Å². The molecule has 2 saturated carbocycles. The molecule has 0 aliphatic heterocycles. The molecule has 21 heavy (non-hydrogen) atoms. The molecule has 2 N–H and O–H groups in total. The third-order valence-corrected chi connectivity index (χ3v) is 7.13. The molecular weight excluding hydrogens is 264 g/mol. The highest BCUT2D eigenvalue weighted by atomic mass is 16.5. The second-order valence-corrected chi connectivity index (χ2v) is 7.85. The Morgan fingerprint density at radius 2 is 2.00 bits per heavy atom. The monoisotopic (exact) mass is 296 g/mol. The molecule has 2 aliphatic carbocycles. The van der Waals surface area contributed by atoms with Gasteiger partial charge in [-0.25, -0.2) is 0 Å². The molecule has 2 bridgehead atoms. The molecule has 0 unspecified atom stereocenters. The summed E-state index contributed by atoms with van der Waals surface area (Å²) in [6, 6.07) is 0. The largest absolute Gasteiger partial charge is 0.466 e. The Balaban J connectivity index is 2.51. The Morgan fingerprint density at radius 1 is 1.38 bits per heavy atom. The summed E-state index contributed by atoms with van der Waals surface area (Å²) in [6.07, 6.45) is 3.47. The molecule has 2 rings (SSSR count). The molecule has 0 saturated heterocycles. The van der Waals surface area contributed by atoms with Gasteiger partial charge in [0.15, 0.2) is 0 Å². The van der Waals surface area contributed by atoms with E-state index in [0.29, 0.717) is 19.1 Å². The van der Waals surface area contributed by atoms with Crippen molar-refractivity contribution in [2.24, 2.45) is 28.4 Å². The predicted octanol–water partition coefficient (Wildman–Crippen LogP) is 2.27. The summed E-state index contributed by atoms with van der Waals surface area (Å²) in [7, 11) is 4.20. The van der Waals surface area contributed by atoms with Crippen LogP contribution in [0, 0.1) is 22.7 Å². The van der Waals surface area contributed by atoms with Crippen molar-refractivity contribution in [1.82, 2.24) is 4.90 Å². The molecule has 0 aromatic rings. The number of nitrogens with two attached hydrogens (primary N) is 1. The van der Waals surface area contributed by atoms with Crippen molar-refractivity contribution < 1.29 is 9.53 Å². The first kappa shape index (κ1) is 16.8. The lowest BCUT2D eigenvalue weighted by molar-refractivity contribution is -0.160. The van der Waals surface area contributed by atoms with E-state index in [9.17, 15) is 4.79 Å². The van der Waals surface area contributed by atoms with Crippen LogP contribution in [0.4, 0.5) is 0 Å². The van der Waals surface area contributed by atoms with E-state index in [1.165, 1.54) is 12.8 Å². The van der Waals surface area contributed by atoms with Crippen molar-refractivity contribution in [3.63, 3.8) is 0 Å². The van der Waals surface area contributed by atoms with Crippen molar-refractivity contribution in [2.75, 3.05) is 27.2 Å². The minimum absolute atomic E-state index is 0.0883. The molecule has 0 amide bonds. The second-order valence-electron chi connectivity index (χ2n) is 7.85. The summed E-state index contributed by atoms with van der Waals surface area (Å²) >= 11 is 0.